The van der Waals surface area contributed by atoms with E-state index in [2.05, 4.69) is 5.32 Å². The summed E-state index contributed by atoms with van der Waals surface area (Å²) >= 11 is 0. The Hall–Kier alpha value is -2.60. The number of likely N-dealkylation sites (N-methyl/N-ethyl adjacent to an activating group) is 1. The highest BCUT2D eigenvalue weighted by Crippen LogP contribution is 2.36. The number of hydrogen-bond acceptors (Lipinski definition) is 5. The molecular weight excluding hydrogens is 477 g/mol. The fraction of sp³-hybridized carbons (Fsp3) is 0.458. The summed E-state index contributed by atoms with van der Waals surface area (Å²) in [5, 5.41) is 23.5. The Balaban J connectivity index is 1.82. The molecule has 1 aliphatic carbocycles. The summed E-state index contributed by atoms with van der Waals surface area (Å²) < 4.78 is 78.1. The Morgan fingerprint density at radius 2 is 1.83 bits per heavy atom. The van der Waals surface area contributed by atoms with Gasteiger partial charge in [-0.05, 0) is 30.7 Å². The van der Waals surface area contributed by atoms with Gasteiger partial charge < -0.3 is 25.0 Å². The molecule has 2 aromatic rings. The minimum atomic E-state index is -4.57. The molecule has 1 saturated carbocycles. The maximum Gasteiger partial charge on any atom is 0.416 e. The van der Waals surface area contributed by atoms with Gasteiger partial charge in [0.2, 0.25) is 0 Å². The average molecular weight is 503 g/mol. The number of carbonyl (C=O) groups excluding carboxylic acids is 1. The highest BCUT2D eigenvalue weighted by atomic mass is 19.4. The topological polar surface area (TPSA) is 88.0 Å². The standard InChI is InChI=1S/C24H26F5NO5/c1-2-30-22(33)23(35-12-14-5-3-7-16(9-14)24(27,28)29)10-18(31)21(32)19(11-23)34-13-15-6-4-8-17(25)20(15)26/h3-9,18-19,21,31-32H,2,10-13H2,1H3,(H,30,33)/t18-,19?,21-,23+/m1/s1. The molecule has 1 amide bonds. The van der Waals surface area contributed by atoms with Crippen molar-refractivity contribution < 1.29 is 46.4 Å². The van der Waals surface area contributed by atoms with Crippen molar-refractivity contribution >= 4 is 5.91 Å². The normalized spacial score (nSPS) is 24.9. The quantitative estimate of drug-likeness (QED) is 0.481. The zero-order valence-corrected chi connectivity index (χ0v) is 18.8. The van der Waals surface area contributed by atoms with Crippen molar-refractivity contribution in [1.82, 2.24) is 5.32 Å². The molecule has 0 aliphatic heterocycles. The summed E-state index contributed by atoms with van der Waals surface area (Å²) in [5.41, 5.74) is -2.63. The van der Waals surface area contributed by atoms with Gasteiger partial charge in [-0.25, -0.2) is 8.78 Å². The number of rotatable bonds is 8. The monoisotopic (exact) mass is 503 g/mol. The van der Waals surface area contributed by atoms with Gasteiger partial charge in [-0.3, -0.25) is 4.79 Å². The third-order valence-electron chi connectivity index (χ3n) is 5.85. The van der Waals surface area contributed by atoms with Crippen LogP contribution in [0.2, 0.25) is 0 Å². The molecule has 0 aromatic heterocycles. The molecule has 0 saturated heterocycles. The molecule has 192 valence electrons. The van der Waals surface area contributed by atoms with E-state index < -0.39 is 66.4 Å². The first-order chi connectivity index (χ1) is 16.5. The Kier molecular flexibility index (Phi) is 8.47. The molecule has 4 atom stereocenters. The first-order valence-electron chi connectivity index (χ1n) is 11.0. The number of alkyl halides is 3. The molecule has 3 N–H and O–H groups in total. The Morgan fingerprint density at radius 1 is 1.11 bits per heavy atom. The van der Waals surface area contributed by atoms with Crippen molar-refractivity contribution in [2.45, 2.75) is 63.1 Å². The van der Waals surface area contributed by atoms with E-state index >= 15 is 0 Å². The molecular formula is C24H26F5NO5. The molecule has 1 fully saturated rings. The summed E-state index contributed by atoms with van der Waals surface area (Å²) in [6.07, 6.45) is -9.38. The van der Waals surface area contributed by atoms with E-state index in [1.807, 2.05) is 0 Å². The van der Waals surface area contributed by atoms with Gasteiger partial charge in [-0.2, -0.15) is 13.2 Å². The van der Waals surface area contributed by atoms with Crippen LogP contribution in [-0.2, 0) is 33.7 Å². The summed E-state index contributed by atoms with van der Waals surface area (Å²) in [6.45, 7) is 0.992. The number of ether oxygens (including phenoxy) is 2. The summed E-state index contributed by atoms with van der Waals surface area (Å²) in [5.74, 6) is -2.87. The molecule has 11 heteroatoms. The second-order valence-corrected chi connectivity index (χ2v) is 8.37. The largest absolute Gasteiger partial charge is 0.416 e. The molecule has 0 heterocycles. The maximum atomic E-state index is 14.0. The summed E-state index contributed by atoms with van der Waals surface area (Å²) in [7, 11) is 0. The third kappa shape index (κ3) is 6.35. The van der Waals surface area contributed by atoms with Crippen LogP contribution in [-0.4, -0.2) is 46.6 Å². The van der Waals surface area contributed by atoms with E-state index in [0.29, 0.717) is 0 Å². The second-order valence-electron chi connectivity index (χ2n) is 8.37. The highest BCUT2D eigenvalue weighted by molar-refractivity contribution is 5.85. The number of hydrogen-bond donors (Lipinski definition) is 3. The van der Waals surface area contributed by atoms with E-state index in [9.17, 15) is 37.0 Å². The zero-order chi connectivity index (χ0) is 25.8. The van der Waals surface area contributed by atoms with Gasteiger partial charge >= 0.3 is 6.18 Å². The zero-order valence-electron chi connectivity index (χ0n) is 18.8. The van der Waals surface area contributed by atoms with E-state index in [4.69, 9.17) is 9.47 Å². The van der Waals surface area contributed by atoms with Crippen molar-refractivity contribution in [2.24, 2.45) is 0 Å². The molecule has 35 heavy (non-hydrogen) atoms. The van der Waals surface area contributed by atoms with Crippen LogP contribution < -0.4 is 5.32 Å². The predicted molar refractivity (Wildman–Crippen MR) is 114 cm³/mol. The summed E-state index contributed by atoms with van der Waals surface area (Å²) in [6, 6.07) is 7.89. The van der Waals surface area contributed by atoms with E-state index in [1.165, 1.54) is 24.3 Å². The smallest absolute Gasteiger partial charge is 0.390 e. The molecule has 3 rings (SSSR count). The number of amides is 1. The number of aliphatic hydroxyl groups excluding tert-OH is 2. The molecule has 6 nitrogen and oxygen atoms in total. The van der Waals surface area contributed by atoms with E-state index in [0.717, 1.165) is 18.2 Å². The first-order valence-corrected chi connectivity index (χ1v) is 11.0. The van der Waals surface area contributed by atoms with Crippen LogP contribution in [0.1, 0.15) is 36.5 Å². The van der Waals surface area contributed by atoms with Gasteiger partial charge in [0.15, 0.2) is 17.2 Å². The Labute approximate surface area is 198 Å². The molecule has 0 radical (unpaired) electrons. The molecule has 1 unspecified atom stereocenters. The number of carbonyl (C=O) groups is 1. The van der Waals surface area contributed by atoms with Crippen molar-refractivity contribution in [3.63, 3.8) is 0 Å². The van der Waals surface area contributed by atoms with Gasteiger partial charge in [-0.15, -0.1) is 0 Å². The van der Waals surface area contributed by atoms with Crippen molar-refractivity contribution in [3.8, 4) is 0 Å². The molecule has 0 bridgehead atoms. The number of aliphatic hydroxyl groups is 2. The van der Waals surface area contributed by atoms with Gasteiger partial charge in [-0.1, -0.05) is 24.3 Å². The fourth-order valence-corrected chi connectivity index (χ4v) is 4.00. The minimum Gasteiger partial charge on any atom is -0.390 e. The number of nitrogens with one attached hydrogen (secondary N) is 1. The van der Waals surface area contributed by atoms with Crippen LogP contribution in [0.25, 0.3) is 0 Å². The van der Waals surface area contributed by atoms with Crippen LogP contribution in [0.5, 0.6) is 0 Å². The lowest BCUT2D eigenvalue weighted by Gasteiger charge is -2.43. The van der Waals surface area contributed by atoms with Crippen LogP contribution >= 0.6 is 0 Å². The molecule has 0 spiro atoms. The van der Waals surface area contributed by atoms with Crippen LogP contribution in [0, 0.1) is 11.6 Å². The van der Waals surface area contributed by atoms with Crippen LogP contribution in [0.4, 0.5) is 22.0 Å². The van der Waals surface area contributed by atoms with E-state index in [-0.39, 0.29) is 30.5 Å². The summed E-state index contributed by atoms with van der Waals surface area (Å²) in [4.78, 5) is 13.0. The highest BCUT2D eigenvalue weighted by Gasteiger charge is 2.51. The maximum absolute atomic E-state index is 14.0. The van der Waals surface area contributed by atoms with Gasteiger partial charge in [0.1, 0.15) is 6.10 Å². The minimum absolute atomic E-state index is 0.134. The SMILES string of the molecule is CCNC(=O)[C@@]1(OCc2cccc(C(F)(F)F)c2)CC(OCc2cccc(F)c2F)[C@H](O)[C@H](O)C1. The van der Waals surface area contributed by atoms with Crippen LogP contribution in [0.3, 0.4) is 0 Å². The van der Waals surface area contributed by atoms with Crippen LogP contribution in [0.15, 0.2) is 42.5 Å². The second kappa shape index (κ2) is 11.0. The van der Waals surface area contributed by atoms with E-state index in [1.54, 1.807) is 6.92 Å². The van der Waals surface area contributed by atoms with Gasteiger partial charge in [0.05, 0.1) is 31.0 Å². The Morgan fingerprint density at radius 3 is 2.51 bits per heavy atom. The van der Waals surface area contributed by atoms with Crippen molar-refractivity contribution in [1.29, 1.82) is 0 Å². The third-order valence-corrected chi connectivity index (χ3v) is 5.85. The van der Waals surface area contributed by atoms with Gasteiger partial charge in [0.25, 0.3) is 5.91 Å². The Bertz CT molecular complexity index is 1030. The number of benzene rings is 2. The van der Waals surface area contributed by atoms with Crippen molar-refractivity contribution in [3.05, 3.63) is 70.8 Å². The lowest BCUT2D eigenvalue weighted by Crippen LogP contribution is -2.60. The van der Waals surface area contributed by atoms with Gasteiger partial charge in [0, 0.05) is 24.9 Å². The van der Waals surface area contributed by atoms with Crippen molar-refractivity contribution in [2.75, 3.05) is 6.54 Å². The fourth-order valence-electron chi connectivity index (χ4n) is 4.00. The lowest BCUT2D eigenvalue weighted by atomic mass is 9.78. The molecule has 1 aliphatic rings. The molecule has 2 aromatic carbocycles. The number of halogens is 5. The average Bonchev–Trinajstić information content (AvgIpc) is 2.81. The first kappa shape index (κ1) is 27.0. The lowest BCUT2D eigenvalue weighted by molar-refractivity contribution is -0.200. The predicted octanol–water partition coefficient (Wildman–Crippen LogP) is 3.48.